The van der Waals surface area contributed by atoms with Crippen LogP contribution in [0.3, 0.4) is 0 Å². The number of carbonyl (C=O) groups is 1. The first kappa shape index (κ1) is 18.4. The fraction of sp³-hybridized carbons (Fsp3) is 0.938. The molecule has 0 aliphatic heterocycles. The second-order valence-corrected chi connectivity index (χ2v) is 6.27. The van der Waals surface area contributed by atoms with Gasteiger partial charge in [-0.1, -0.05) is 38.5 Å². The number of unbranched alkanes of at least 4 members (excludes halogenated alkanes) is 7. The highest BCUT2D eigenvalue weighted by atomic mass is 16.5. The predicted octanol–water partition coefficient (Wildman–Crippen LogP) is 4.06. The topological polar surface area (TPSA) is 38.3 Å². The lowest BCUT2D eigenvalue weighted by Crippen LogP contribution is -2.20. The number of nitrogens with one attached hydrogen (secondary N) is 1. The maximum absolute atomic E-state index is 10.6. The Morgan fingerprint density at radius 2 is 1.37 bits per heavy atom. The Morgan fingerprint density at radius 3 is 1.84 bits per heavy atom. The van der Waals surface area contributed by atoms with E-state index < -0.39 is 0 Å². The summed E-state index contributed by atoms with van der Waals surface area (Å²) in [6.07, 6.45) is 10.1. The molecule has 0 atom stereocenters. The summed E-state index contributed by atoms with van der Waals surface area (Å²) in [6.45, 7) is 9.61. The molecule has 0 aromatic carbocycles. The number of ether oxygens (including phenoxy) is 1. The number of hydrogen-bond acceptors (Lipinski definition) is 2. The van der Waals surface area contributed by atoms with Crippen molar-refractivity contribution in [3.05, 3.63) is 0 Å². The van der Waals surface area contributed by atoms with E-state index in [-0.39, 0.29) is 11.5 Å². The van der Waals surface area contributed by atoms with E-state index in [0.29, 0.717) is 0 Å². The Hall–Kier alpha value is -0.570. The summed E-state index contributed by atoms with van der Waals surface area (Å²) in [6, 6.07) is 0. The lowest BCUT2D eigenvalue weighted by atomic mass is 10.1. The van der Waals surface area contributed by atoms with Crippen LogP contribution in [0.15, 0.2) is 0 Å². The second kappa shape index (κ2) is 11.3. The van der Waals surface area contributed by atoms with Gasteiger partial charge < -0.3 is 10.1 Å². The molecule has 1 N–H and O–H groups in total. The molecule has 0 bridgehead atoms. The van der Waals surface area contributed by atoms with Crippen LogP contribution in [0, 0.1) is 0 Å². The molecule has 0 spiro atoms. The lowest BCUT2D eigenvalue weighted by molar-refractivity contribution is -0.118. The number of carbonyl (C=O) groups excluding carboxylic acids is 1. The van der Waals surface area contributed by atoms with E-state index in [1.165, 1.54) is 44.9 Å². The van der Waals surface area contributed by atoms with Crippen LogP contribution in [0.25, 0.3) is 0 Å². The average molecular weight is 271 g/mol. The van der Waals surface area contributed by atoms with Gasteiger partial charge in [0.1, 0.15) is 0 Å². The van der Waals surface area contributed by atoms with Crippen molar-refractivity contribution >= 4 is 5.91 Å². The Balaban J connectivity index is 3.05. The van der Waals surface area contributed by atoms with Crippen LogP contribution < -0.4 is 5.32 Å². The molecule has 114 valence electrons. The van der Waals surface area contributed by atoms with Gasteiger partial charge in [0.25, 0.3) is 0 Å². The Kier molecular flexibility index (Phi) is 10.9. The molecular weight excluding hydrogens is 238 g/mol. The maximum Gasteiger partial charge on any atom is 0.216 e. The molecule has 3 heteroatoms. The Morgan fingerprint density at radius 1 is 0.895 bits per heavy atom. The smallest absolute Gasteiger partial charge is 0.216 e. The fourth-order valence-corrected chi connectivity index (χ4v) is 1.93. The quantitative estimate of drug-likeness (QED) is 0.576. The van der Waals surface area contributed by atoms with E-state index in [1.54, 1.807) is 6.92 Å². The molecule has 0 radical (unpaired) electrons. The summed E-state index contributed by atoms with van der Waals surface area (Å²) in [5.74, 6) is 0.0810. The van der Waals surface area contributed by atoms with Gasteiger partial charge in [-0.2, -0.15) is 0 Å². The molecule has 0 aromatic heterocycles. The van der Waals surface area contributed by atoms with Gasteiger partial charge in [0.2, 0.25) is 5.91 Å². The molecule has 0 saturated carbocycles. The third kappa shape index (κ3) is 17.4. The molecule has 0 unspecified atom stereocenters. The molecule has 0 fully saturated rings. The van der Waals surface area contributed by atoms with Crippen LogP contribution in [0.2, 0.25) is 0 Å². The zero-order valence-corrected chi connectivity index (χ0v) is 13.4. The van der Waals surface area contributed by atoms with Crippen LogP contribution in [0.4, 0.5) is 0 Å². The molecular formula is C16H33NO2. The monoisotopic (exact) mass is 271 g/mol. The van der Waals surface area contributed by atoms with Crippen molar-refractivity contribution < 1.29 is 9.53 Å². The first-order valence-electron chi connectivity index (χ1n) is 7.80. The van der Waals surface area contributed by atoms with E-state index in [0.717, 1.165) is 19.6 Å². The van der Waals surface area contributed by atoms with E-state index in [1.807, 2.05) is 0 Å². The van der Waals surface area contributed by atoms with Gasteiger partial charge in [-0.15, -0.1) is 0 Å². The van der Waals surface area contributed by atoms with Gasteiger partial charge in [0, 0.05) is 20.1 Å². The van der Waals surface area contributed by atoms with E-state index in [9.17, 15) is 4.79 Å². The minimum atomic E-state index is 0.00784. The third-order valence-corrected chi connectivity index (χ3v) is 2.98. The SMILES string of the molecule is CC(=O)NCCCCCCCCCCOC(C)(C)C. The molecule has 0 aliphatic carbocycles. The summed E-state index contributed by atoms with van der Waals surface area (Å²) in [7, 11) is 0. The van der Waals surface area contributed by atoms with Gasteiger partial charge in [0.15, 0.2) is 0 Å². The Bertz CT molecular complexity index is 221. The van der Waals surface area contributed by atoms with Crippen molar-refractivity contribution in [3.63, 3.8) is 0 Å². The van der Waals surface area contributed by atoms with Crippen molar-refractivity contribution in [2.24, 2.45) is 0 Å². The Labute approximate surface area is 119 Å². The van der Waals surface area contributed by atoms with Crippen molar-refractivity contribution in [1.82, 2.24) is 5.32 Å². The highest BCUT2D eigenvalue weighted by Crippen LogP contribution is 2.11. The fourth-order valence-electron chi connectivity index (χ4n) is 1.93. The van der Waals surface area contributed by atoms with Gasteiger partial charge in [-0.05, 0) is 33.6 Å². The lowest BCUT2D eigenvalue weighted by Gasteiger charge is -2.19. The third-order valence-electron chi connectivity index (χ3n) is 2.98. The van der Waals surface area contributed by atoms with E-state index >= 15 is 0 Å². The number of rotatable bonds is 11. The summed E-state index contributed by atoms with van der Waals surface area (Å²) in [5.41, 5.74) is 0.00784. The van der Waals surface area contributed by atoms with Gasteiger partial charge in [-0.25, -0.2) is 0 Å². The second-order valence-electron chi connectivity index (χ2n) is 6.27. The minimum Gasteiger partial charge on any atom is -0.376 e. The number of hydrogen-bond donors (Lipinski definition) is 1. The molecule has 0 heterocycles. The minimum absolute atomic E-state index is 0.00784. The van der Waals surface area contributed by atoms with E-state index in [4.69, 9.17) is 4.74 Å². The summed E-state index contributed by atoms with van der Waals surface area (Å²) >= 11 is 0. The van der Waals surface area contributed by atoms with Gasteiger partial charge in [-0.3, -0.25) is 4.79 Å². The van der Waals surface area contributed by atoms with Crippen molar-refractivity contribution in [2.45, 2.75) is 84.7 Å². The van der Waals surface area contributed by atoms with Crippen LogP contribution in [0.5, 0.6) is 0 Å². The first-order chi connectivity index (χ1) is 8.92. The molecule has 0 saturated heterocycles. The van der Waals surface area contributed by atoms with Crippen molar-refractivity contribution in [2.75, 3.05) is 13.2 Å². The molecule has 0 aliphatic rings. The highest BCUT2D eigenvalue weighted by Gasteiger charge is 2.08. The maximum atomic E-state index is 10.6. The van der Waals surface area contributed by atoms with Crippen molar-refractivity contribution in [3.8, 4) is 0 Å². The zero-order chi connectivity index (χ0) is 14.6. The highest BCUT2D eigenvalue weighted by molar-refractivity contribution is 5.72. The van der Waals surface area contributed by atoms with Crippen LogP contribution in [-0.4, -0.2) is 24.7 Å². The predicted molar refractivity (Wildman–Crippen MR) is 81.3 cm³/mol. The summed E-state index contributed by atoms with van der Waals surface area (Å²) in [5, 5.41) is 2.83. The molecule has 19 heavy (non-hydrogen) atoms. The van der Waals surface area contributed by atoms with E-state index in [2.05, 4.69) is 26.1 Å². The summed E-state index contributed by atoms with van der Waals surface area (Å²) in [4.78, 5) is 10.6. The zero-order valence-electron chi connectivity index (χ0n) is 13.4. The van der Waals surface area contributed by atoms with Crippen LogP contribution in [-0.2, 0) is 9.53 Å². The molecule has 0 rings (SSSR count). The summed E-state index contributed by atoms with van der Waals surface area (Å²) < 4.78 is 5.69. The van der Waals surface area contributed by atoms with Gasteiger partial charge >= 0.3 is 0 Å². The van der Waals surface area contributed by atoms with Crippen molar-refractivity contribution in [1.29, 1.82) is 0 Å². The van der Waals surface area contributed by atoms with Crippen LogP contribution >= 0.6 is 0 Å². The average Bonchev–Trinajstić information content (AvgIpc) is 2.28. The number of amides is 1. The largest absolute Gasteiger partial charge is 0.376 e. The normalized spacial score (nSPS) is 11.6. The molecule has 0 aromatic rings. The van der Waals surface area contributed by atoms with Crippen LogP contribution in [0.1, 0.15) is 79.1 Å². The van der Waals surface area contributed by atoms with Gasteiger partial charge in [0.05, 0.1) is 5.60 Å². The standard InChI is InChI=1S/C16H33NO2/c1-15(18)17-13-11-9-7-5-6-8-10-12-14-19-16(2,3)4/h5-14H2,1-4H3,(H,17,18). The molecule has 1 amide bonds. The molecule has 3 nitrogen and oxygen atoms in total. The first-order valence-corrected chi connectivity index (χ1v) is 7.80.